The molecule has 0 unspecified atom stereocenters. The standard InChI is InChI=1S/C17H24N2O5/c1-3-23-17(22)19-10-4-5-11-9(6-10)7-12-13(14(11)15(18)20)8(2)24-16(12)21/h7-8,10-14H,3-6H2,1-2H3,(H2,18,20)(H,19,22)/t8-,10-,11-,12-,13-,14+/m1/s1. The number of cyclic esters (lactones) is 1. The largest absolute Gasteiger partial charge is 0.462 e. The summed E-state index contributed by atoms with van der Waals surface area (Å²) in [5.74, 6) is -1.61. The van der Waals surface area contributed by atoms with Crippen LogP contribution in [0.2, 0.25) is 0 Å². The van der Waals surface area contributed by atoms with Gasteiger partial charge in [-0.3, -0.25) is 9.59 Å². The highest BCUT2D eigenvalue weighted by Crippen LogP contribution is 2.49. The van der Waals surface area contributed by atoms with Gasteiger partial charge in [-0.2, -0.15) is 0 Å². The van der Waals surface area contributed by atoms with Crippen LogP contribution in [0.25, 0.3) is 0 Å². The predicted molar refractivity (Wildman–Crippen MR) is 84.6 cm³/mol. The van der Waals surface area contributed by atoms with Crippen LogP contribution in [-0.2, 0) is 19.1 Å². The molecule has 1 aliphatic heterocycles. The summed E-state index contributed by atoms with van der Waals surface area (Å²) >= 11 is 0. The maximum atomic E-state index is 12.1. The van der Waals surface area contributed by atoms with Crippen molar-refractivity contribution in [1.82, 2.24) is 5.32 Å². The van der Waals surface area contributed by atoms with Gasteiger partial charge in [-0.15, -0.1) is 0 Å². The molecule has 0 aromatic rings. The molecule has 132 valence electrons. The van der Waals surface area contributed by atoms with Crippen LogP contribution < -0.4 is 11.1 Å². The first-order valence-corrected chi connectivity index (χ1v) is 8.56. The number of carbonyl (C=O) groups excluding carboxylic acids is 3. The van der Waals surface area contributed by atoms with Gasteiger partial charge in [0.1, 0.15) is 6.10 Å². The monoisotopic (exact) mass is 336 g/mol. The van der Waals surface area contributed by atoms with Crippen molar-refractivity contribution in [3.8, 4) is 0 Å². The molecule has 1 saturated heterocycles. The number of amides is 2. The van der Waals surface area contributed by atoms with E-state index in [-0.39, 0.29) is 41.8 Å². The second-order valence-corrected chi connectivity index (χ2v) is 6.86. The second kappa shape index (κ2) is 6.45. The number of hydrogen-bond acceptors (Lipinski definition) is 5. The van der Waals surface area contributed by atoms with E-state index in [0.29, 0.717) is 13.0 Å². The minimum Gasteiger partial charge on any atom is -0.462 e. The summed E-state index contributed by atoms with van der Waals surface area (Å²) in [5, 5.41) is 2.84. The number of nitrogens with one attached hydrogen (secondary N) is 1. The van der Waals surface area contributed by atoms with Gasteiger partial charge in [0.2, 0.25) is 5.91 Å². The number of hydrogen-bond donors (Lipinski definition) is 2. The number of fused-ring (bicyclic) bond motifs is 2. The molecular weight excluding hydrogens is 312 g/mol. The van der Waals surface area contributed by atoms with Crippen molar-refractivity contribution in [2.45, 2.75) is 45.3 Å². The Labute approximate surface area is 140 Å². The van der Waals surface area contributed by atoms with Crippen LogP contribution >= 0.6 is 0 Å². The molecule has 3 N–H and O–H groups in total. The summed E-state index contributed by atoms with van der Waals surface area (Å²) in [6.07, 6.45) is 3.33. The molecule has 7 heteroatoms. The molecule has 24 heavy (non-hydrogen) atoms. The van der Waals surface area contributed by atoms with Gasteiger partial charge in [0.25, 0.3) is 0 Å². The van der Waals surface area contributed by atoms with Gasteiger partial charge in [-0.25, -0.2) is 4.79 Å². The molecule has 0 aromatic carbocycles. The average molecular weight is 336 g/mol. The normalized spacial score (nSPS) is 37.6. The lowest BCUT2D eigenvalue weighted by Gasteiger charge is -2.42. The fourth-order valence-electron chi connectivity index (χ4n) is 4.54. The summed E-state index contributed by atoms with van der Waals surface area (Å²) in [6.45, 7) is 3.90. The van der Waals surface area contributed by atoms with E-state index in [1.807, 2.05) is 13.0 Å². The maximum Gasteiger partial charge on any atom is 0.407 e. The minimum absolute atomic E-state index is 0.0287. The molecule has 2 amide bonds. The number of primary amides is 1. The SMILES string of the molecule is CCOC(=O)N[C@@H]1CC[C@@H]2C(=C[C@H]3C(=O)O[C@H](C)[C@H]3[C@H]2C(N)=O)C1. The first kappa shape index (κ1) is 16.8. The maximum absolute atomic E-state index is 12.1. The van der Waals surface area contributed by atoms with E-state index < -0.39 is 12.0 Å². The van der Waals surface area contributed by atoms with E-state index in [2.05, 4.69) is 5.32 Å². The van der Waals surface area contributed by atoms with Crippen LogP contribution in [0, 0.1) is 23.7 Å². The van der Waals surface area contributed by atoms with E-state index in [0.717, 1.165) is 18.4 Å². The van der Waals surface area contributed by atoms with E-state index in [1.54, 1.807) is 6.92 Å². The van der Waals surface area contributed by atoms with E-state index in [4.69, 9.17) is 15.2 Å². The van der Waals surface area contributed by atoms with Gasteiger partial charge in [-0.1, -0.05) is 11.6 Å². The third-order valence-corrected chi connectivity index (χ3v) is 5.48. The summed E-state index contributed by atoms with van der Waals surface area (Å²) < 4.78 is 10.3. The molecular formula is C17H24N2O5. The fraction of sp³-hybridized carbons (Fsp3) is 0.706. The van der Waals surface area contributed by atoms with Crippen LogP contribution in [-0.4, -0.2) is 36.7 Å². The van der Waals surface area contributed by atoms with Crippen LogP contribution in [0.1, 0.15) is 33.1 Å². The Bertz CT molecular complexity index is 588. The zero-order valence-corrected chi connectivity index (χ0v) is 14.0. The van der Waals surface area contributed by atoms with Crippen LogP contribution in [0.3, 0.4) is 0 Å². The van der Waals surface area contributed by atoms with Crippen molar-refractivity contribution in [3.05, 3.63) is 11.6 Å². The number of alkyl carbamates (subject to hydrolysis) is 1. The molecule has 2 fully saturated rings. The van der Waals surface area contributed by atoms with Crippen molar-refractivity contribution in [2.75, 3.05) is 6.61 Å². The summed E-state index contributed by atoms with van der Waals surface area (Å²) in [7, 11) is 0. The van der Waals surface area contributed by atoms with E-state index in [1.165, 1.54) is 0 Å². The molecule has 6 atom stereocenters. The third kappa shape index (κ3) is 2.87. The van der Waals surface area contributed by atoms with Gasteiger partial charge >= 0.3 is 12.1 Å². The molecule has 3 rings (SSSR count). The highest BCUT2D eigenvalue weighted by atomic mass is 16.6. The molecule has 0 spiro atoms. The van der Waals surface area contributed by atoms with Crippen molar-refractivity contribution in [3.63, 3.8) is 0 Å². The molecule has 0 aromatic heterocycles. The quantitative estimate of drug-likeness (QED) is 0.593. The van der Waals surface area contributed by atoms with E-state index in [9.17, 15) is 14.4 Å². The van der Waals surface area contributed by atoms with Gasteiger partial charge in [0, 0.05) is 12.0 Å². The third-order valence-electron chi connectivity index (χ3n) is 5.48. The first-order valence-electron chi connectivity index (χ1n) is 8.56. The highest BCUT2D eigenvalue weighted by molar-refractivity contribution is 5.83. The lowest BCUT2D eigenvalue weighted by atomic mass is 9.61. The first-order chi connectivity index (χ1) is 11.4. The van der Waals surface area contributed by atoms with Crippen LogP contribution in [0.15, 0.2) is 11.6 Å². The predicted octanol–water partition coefficient (Wildman–Crippen LogP) is 1.12. The van der Waals surface area contributed by atoms with Gasteiger partial charge in [0.05, 0.1) is 18.4 Å². The Morgan fingerprint density at radius 1 is 1.42 bits per heavy atom. The number of esters is 1. The van der Waals surface area contributed by atoms with Crippen molar-refractivity contribution in [1.29, 1.82) is 0 Å². The van der Waals surface area contributed by atoms with E-state index >= 15 is 0 Å². The van der Waals surface area contributed by atoms with Crippen LogP contribution in [0.5, 0.6) is 0 Å². The molecule has 0 bridgehead atoms. The summed E-state index contributed by atoms with van der Waals surface area (Å²) in [5.41, 5.74) is 6.70. The Kier molecular flexibility index (Phi) is 4.51. The molecule has 3 aliphatic rings. The van der Waals surface area contributed by atoms with Crippen molar-refractivity contribution >= 4 is 18.0 Å². The lowest BCUT2D eigenvalue weighted by Crippen LogP contribution is -2.48. The smallest absolute Gasteiger partial charge is 0.407 e. The Hall–Kier alpha value is -2.05. The Morgan fingerprint density at radius 3 is 2.83 bits per heavy atom. The Morgan fingerprint density at radius 2 is 2.17 bits per heavy atom. The summed E-state index contributed by atoms with van der Waals surface area (Å²) in [6, 6.07) is -0.0496. The van der Waals surface area contributed by atoms with Crippen molar-refractivity contribution in [2.24, 2.45) is 29.4 Å². The zero-order valence-electron chi connectivity index (χ0n) is 14.0. The molecule has 0 radical (unpaired) electrons. The topological polar surface area (TPSA) is 108 Å². The number of rotatable bonds is 3. The number of carbonyl (C=O) groups is 3. The highest BCUT2D eigenvalue weighted by Gasteiger charge is 2.54. The number of ether oxygens (including phenoxy) is 2. The molecule has 2 aliphatic carbocycles. The average Bonchev–Trinajstić information content (AvgIpc) is 2.79. The van der Waals surface area contributed by atoms with Crippen molar-refractivity contribution < 1.29 is 23.9 Å². The zero-order chi connectivity index (χ0) is 17.4. The Balaban J connectivity index is 1.81. The van der Waals surface area contributed by atoms with Crippen LogP contribution in [0.4, 0.5) is 4.79 Å². The fourth-order valence-corrected chi connectivity index (χ4v) is 4.54. The van der Waals surface area contributed by atoms with Gasteiger partial charge in [0.15, 0.2) is 0 Å². The van der Waals surface area contributed by atoms with Gasteiger partial charge in [-0.05, 0) is 39.0 Å². The second-order valence-electron chi connectivity index (χ2n) is 6.86. The lowest BCUT2D eigenvalue weighted by molar-refractivity contribution is -0.142. The number of nitrogens with two attached hydrogens (primary N) is 1. The molecule has 1 heterocycles. The van der Waals surface area contributed by atoms with Gasteiger partial charge < -0.3 is 20.5 Å². The summed E-state index contributed by atoms with van der Waals surface area (Å²) in [4.78, 5) is 35.8. The minimum atomic E-state index is -0.435. The molecule has 7 nitrogen and oxygen atoms in total. The molecule has 1 saturated carbocycles.